The minimum atomic E-state index is -0.107. The first-order valence-corrected chi connectivity index (χ1v) is 7.26. The number of hydrogen-bond acceptors (Lipinski definition) is 1. The summed E-state index contributed by atoms with van der Waals surface area (Å²) in [5.74, 6) is 1.30. The number of benzene rings is 1. The number of rotatable bonds is 3. The van der Waals surface area contributed by atoms with Gasteiger partial charge in [-0.2, -0.15) is 0 Å². The third kappa shape index (κ3) is 4.15. The summed E-state index contributed by atoms with van der Waals surface area (Å²) in [7, 11) is 1.63. The Balaban J connectivity index is 2.17. The largest absolute Gasteiger partial charge is 0.382 e. The molecule has 20 heavy (non-hydrogen) atoms. The molecule has 0 bridgehead atoms. The van der Waals surface area contributed by atoms with Crippen molar-refractivity contribution in [3.63, 3.8) is 0 Å². The molecular weight excluding hydrogens is 250 g/mol. The molecule has 1 atom stereocenters. The van der Waals surface area contributed by atoms with Gasteiger partial charge in [-0.3, -0.25) is 10.6 Å². The molecule has 1 unspecified atom stereocenters. The van der Waals surface area contributed by atoms with Gasteiger partial charge in [0, 0.05) is 0 Å². The first-order valence-electron chi connectivity index (χ1n) is 7.26. The van der Waals surface area contributed by atoms with E-state index in [0.29, 0.717) is 11.9 Å². The topological polar surface area (TPSA) is 47.3 Å². The van der Waals surface area contributed by atoms with Crippen LogP contribution in [0.3, 0.4) is 0 Å². The fraction of sp³-hybridized carbons (Fsp3) is 0.562. The number of hydroxylamine groups is 1. The molecule has 1 aliphatic rings. The highest BCUT2D eigenvalue weighted by molar-refractivity contribution is 5.75. The number of nitrogens with zero attached hydrogens (tertiary/aromatic N) is 1. The molecule has 4 nitrogen and oxygen atoms in total. The predicted octanol–water partition coefficient (Wildman–Crippen LogP) is 2.50. The summed E-state index contributed by atoms with van der Waals surface area (Å²) in [4.78, 5) is 0. The molecule has 0 aromatic heterocycles. The van der Waals surface area contributed by atoms with Gasteiger partial charge in [0.25, 0.3) is 0 Å². The quantitative estimate of drug-likeness (QED) is 0.261. The van der Waals surface area contributed by atoms with Crippen LogP contribution < -0.4 is 10.6 Å². The molecule has 0 saturated heterocycles. The van der Waals surface area contributed by atoms with Gasteiger partial charge in [-0.25, -0.2) is 0 Å². The highest BCUT2D eigenvalue weighted by Gasteiger charge is 2.36. The molecule has 1 saturated carbocycles. The lowest BCUT2D eigenvalue weighted by Gasteiger charge is -2.22. The molecule has 4 heteroatoms. The molecule has 0 aliphatic heterocycles. The van der Waals surface area contributed by atoms with Gasteiger partial charge >= 0.3 is 5.96 Å². The molecule has 3 N–H and O–H groups in total. The van der Waals surface area contributed by atoms with Crippen LogP contribution in [0.5, 0.6) is 0 Å². The van der Waals surface area contributed by atoms with Crippen LogP contribution >= 0.6 is 0 Å². The molecule has 0 amide bonds. The fourth-order valence-corrected chi connectivity index (χ4v) is 2.28. The van der Waals surface area contributed by atoms with E-state index >= 15 is 0 Å². The predicted molar refractivity (Wildman–Crippen MR) is 80.9 cm³/mol. The lowest BCUT2D eigenvalue weighted by Crippen LogP contribution is -2.52. The first kappa shape index (κ1) is 14.7. The Labute approximate surface area is 121 Å². The number of nitrogens with one attached hydrogen (secondary N) is 2. The summed E-state index contributed by atoms with van der Waals surface area (Å²) in [6, 6.07) is 10.7. The lowest BCUT2D eigenvalue weighted by molar-refractivity contribution is -0.757. The zero-order chi connectivity index (χ0) is 14.8. The Bertz CT molecular complexity index is 468. The van der Waals surface area contributed by atoms with E-state index in [4.69, 9.17) is 0 Å². The summed E-state index contributed by atoms with van der Waals surface area (Å²) in [5, 5.41) is 16.6. The lowest BCUT2D eigenvalue weighted by atomic mass is 10.0. The minimum absolute atomic E-state index is 0.107. The van der Waals surface area contributed by atoms with Gasteiger partial charge in [-0.05, 0) is 45.1 Å². The Morgan fingerprint density at radius 3 is 2.30 bits per heavy atom. The van der Waals surface area contributed by atoms with Crippen LogP contribution in [0.25, 0.3) is 0 Å². The first-order chi connectivity index (χ1) is 9.37. The zero-order valence-corrected chi connectivity index (χ0v) is 12.9. The fourth-order valence-electron chi connectivity index (χ4n) is 2.28. The second kappa shape index (κ2) is 5.73. The second-order valence-corrected chi connectivity index (χ2v) is 6.62. The Morgan fingerprint density at radius 1 is 1.25 bits per heavy atom. The van der Waals surface area contributed by atoms with Crippen molar-refractivity contribution in [1.29, 1.82) is 0 Å². The monoisotopic (exact) mass is 276 g/mol. The van der Waals surface area contributed by atoms with Crippen LogP contribution in [0.4, 0.5) is 0 Å². The van der Waals surface area contributed by atoms with Gasteiger partial charge in [0.15, 0.2) is 0 Å². The summed E-state index contributed by atoms with van der Waals surface area (Å²) in [6.07, 6.45) is 2.48. The molecule has 2 rings (SSSR count). The molecule has 1 fully saturated rings. The molecule has 1 aliphatic carbocycles. The molecule has 0 heterocycles. The van der Waals surface area contributed by atoms with Crippen LogP contribution in [0.15, 0.2) is 30.3 Å². The molecule has 1 aromatic carbocycles. The highest BCUT2D eigenvalue weighted by atomic mass is 16.5. The third-order valence-corrected chi connectivity index (χ3v) is 3.36. The summed E-state index contributed by atoms with van der Waals surface area (Å²) in [6.45, 7) is 6.23. The van der Waals surface area contributed by atoms with Crippen molar-refractivity contribution in [2.24, 2.45) is 5.92 Å². The van der Waals surface area contributed by atoms with Gasteiger partial charge in [0.2, 0.25) is 0 Å². The van der Waals surface area contributed by atoms with Crippen LogP contribution in [-0.2, 0) is 0 Å². The Kier molecular flexibility index (Phi) is 4.21. The number of guanidine groups is 1. The average Bonchev–Trinajstić information content (AvgIpc) is 3.18. The molecule has 0 spiro atoms. The van der Waals surface area contributed by atoms with Crippen molar-refractivity contribution in [3.8, 4) is 0 Å². The molecule has 110 valence electrons. The molecular formula is C16H26N3O+. The standard InChI is InChI=1S/C16H25N3O/c1-16(2,3)18-15(19(4)20)17-14(13-10-11-13)12-8-6-5-7-9-12/h5-9,13-14,20H,10-11H2,1-4H3,(H,17,18)/p+1. The Hall–Kier alpha value is -1.71. The van der Waals surface area contributed by atoms with Crippen LogP contribution in [0.2, 0.25) is 0 Å². The second-order valence-electron chi connectivity index (χ2n) is 6.62. The third-order valence-electron chi connectivity index (χ3n) is 3.36. The summed E-state index contributed by atoms with van der Waals surface area (Å²) < 4.78 is 1.13. The van der Waals surface area contributed by atoms with E-state index in [-0.39, 0.29) is 11.6 Å². The van der Waals surface area contributed by atoms with E-state index in [1.807, 2.05) is 6.07 Å². The summed E-state index contributed by atoms with van der Waals surface area (Å²) >= 11 is 0. The zero-order valence-electron chi connectivity index (χ0n) is 12.9. The van der Waals surface area contributed by atoms with E-state index in [1.165, 1.54) is 18.4 Å². The van der Waals surface area contributed by atoms with Crippen LogP contribution in [0.1, 0.15) is 45.2 Å². The van der Waals surface area contributed by atoms with Crippen molar-refractivity contribution >= 4 is 5.96 Å². The van der Waals surface area contributed by atoms with Gasteiger partial charge in [-0.1, -0.05) is 35.1 Å². The van der Waals surface area contributed by atoms with Crippen molar-refractivity contribution in [2.75, 3.05) is 7.05 Å². The van der Waals surface area contributed by atoms with E-state index < -0.39 is 0 Å². The van der Waals surface area contributed by atoms with E-state index in [2.05, 4.69) is 55.7 Å². The Morgan fingerprint density at radius 2 is 1.85 bits per heavy atom. The normalized spacial score (nSPS) is 18.2. The van der Waals surface area contributed by atoms with Gasteiger partial charge in [0.05, 0.1) is 12.6 Å². The smallest absolute Gasteiger partial charge is 0.376 e. The van der Waals surface area contributed by atoms with Gasteiger partial charge < -0.3 is 5.21 Å². The van der Waals surface area contributed by atoms with E-state index in [1.54, 1.807) is 7.05 Å². The highest BCUT2D eigenvalue weighted by Crippen LogP contribution is 2.40. The van der Waals surface area contributed by atoms with Crippen molar-refractivity contribution in [2.45, 2.75) is 45.2 Å². The van der Waals surface area contributed by atoms with Crippen LogP contribution in [0, 0.1) is 5.92 Å². The van der Waals surface area contributed by atoms with E-state index in [0.717, 1.165) is 4.74 Å². The molecule has 1 aromatic rings. The summed E-state index contributed by atoms with van der Waals surface area (Å²) in [5.41, 5.74) is 1.16. The van der Waals surface area contributed by atoms with Crippen molar-refractivity contribution in [3.05, 3.63) is 35.9 Å². The minimum Gasteiger partial charge on any atom is -0.376 e. The van der Waals surface area contributed by atoms with Gasteiger partial charge in [-0.15, -0.1) is 0 Å². The van der Waals surface area contributed by atoms with Crippen molar-refractivity contribution in [1.82, 2.24) is 10.6 Å². The molecule has 0 radical (unpaired) electrons. The SMILES string of the molecule is C/[N+](O)=C(/NC(c1ccccc1)C1CC1)NC(C)(C)C. The average molecular weight is 276 g/mol. The van der Waals surface area contributed by atoms with E-state index in [9.17, 15) is 5.21 Å². The maximum atomic E-state index is 9.84. The van der Waals surface area contributed by atoms with Crippen LogP contribution in [-0.4, -0.2) is 28.5 Å². The van der Waals surface area contributed by atoms with Crippen molar-refractivity contribution < 1.29 is 9.95 Å². The maximum absolute atomic E-state index is 9.84. The number of hydrogen-bond donors (Lipinski definition) is 3. The maximum Gasteiger partial charge on any atom is 0.382 e. The van der Waals surface area contributed by atoms with Gasteiger partial charge in [0.1, 0.15) is 6.04 Å².